The summed E-state index contributed by atoms with van der Waals surface area (Å²) in [5.74, 6) is -2.13. The van der Waals surface area contributed by atoms with E-state index in [0.717, 1.165) is 109 Å². The Kier molecular flexibility index (Phi) is 70.0. The van der Waals surface area contributed by atoms with Crippen LogP contribution in [0.3, 0.4) is 0 Å². The zero-order chi connectivity index (χ0) is 70.4. The number of aliphatic hydroxyl groups excluding tert-OH is 1. The quantitative estimate of drug-likeness (QED) is 0.0222. The van der Waals surface area contributed by atoms with Gasteiger partial charge in [0.05, 0.1) is 26.4 Å². The van der Waals surface area contributed by atoms with Crippen molar-refractivity contribution in [2.24, 2.45) is 0 Å². The molecule has 0 aliphatic rings. The number of phosphoric ester groups is 2. The number of hydrogen-bond donors (Lipinski definition) is 3. The Morgan fingerprint density at radius 3 is 0.615 bits per heavy atom. The van der Waals surface area contributed by atoms with Gasteiger partial charge >= 0.3 is 39.5 Å². The number of unbranched alkanes of at least 4 members (excludes halogenated alkanes) is 52. The number of esters is 4. The largest absolute Gasteiger partial charge is 0.472 e. The van der Waals surface area contributed by atoms with E-state index in [2.05, 4.69) is 27.7 Å². The van der Waals surface area contributed by atoms with E-state index in [-0.39, 0.29) is 25.7 Å². The maximum atomic E-state index is 13.1. The van der Waals surface area contributed by atoms with Gasteiger partial charge in [-0.25, -0.2) is 9.13 Å². The number of carbonyl (C=O) groups is 4. The molecule has 5 atom stereocenters. The SMILES string of the molecule is CCCCCCCCCCCCCCCCCCCCCCCCC(=O)OC[C@H](COP(=O)(O)OC[C@@H](O)COP(=O)(O)OC[C@@H](COC(=O)CCCCCCC)OC(=O)CCCCCCCCC)OC(=O)CCCCCCCCCCCCCCCCCCCCCCCC. The lowest BCUT2D eigenvalue weighted by Gasteiger charge is -2.21. The van der Waals surface area contributed by atoms with Crippen LogP contribution in [-0.4, -0.2) is 96.7 Å². The van der Waals surface area contributed by atoms with Gasteiger partial charge in [-0.05, 0) is 25.7 Å². The van der Waals surface area contributed by atoms with E-state index in [1.807, 2.05) is 0 Å². The number of ether oxygens (including phenoxy) is 4. The molecule has 0 aromatic rings. The van der Waals surface area contributed by atoms with Gasteiger partial charge in [-0.15, -0.1) is 0 Å². The van der Waals surface area contributed by atoms with Crippen molar-refractivity contribution >= 4 is 39.5 Å². The van der Waals surface area contributed by atoms with Gasteiger partial charge in [0.15, 0.2) is 12.2 Å². The molecule has 0 aliphatic carbocycles. The van der Waals surface area contributed by atoms with Gasteiger partial charge in [-0.2, -0.15) is 0 Å². The Hall–Kier alpha value is -1.94. The van der Waals surface area contributed by atoms with E-state index in [1.54, 1.807) is 0 Å². The third kappa shape index (κ3) is 70.5. The van der Waals surface area contributed by atoms with Gasteiger partial charge in [-0.3, -0.25) is 37.3 Å². The normalized spacial score (nSPS) is 13.9. The Balaban J connectivity index is 5.02. The molecule has 2 unspecified atom stereocenters. The van der Waals surface area contributed by atoms with E-state index >= 15 is 0 Å². The third-order valence-corrected chi connectivity index (χ3v) is 20.0. The Morgan fingerprint density at radius 2 is 0.417 bits per heavy atom. The summed E-state index contributed by atoms with van der Waals surface area (Å²) >= 11 is 0. The van der Waals surface area contributed by atoms with E-state index in [9.17, 15) is 43.2 Å². The average Bonchev–Trinajstić information content (AvgIpc) is 1.41. The fourth-order valence-corrected chi connectivity index (χ4v) is 13.5. The number of hydrogen-bond acceptors (Lipinski definition) is 15. The van der Waals surface area contributed by atoms with Crippen molar-refractivity contribution in [2.75, 3.05) is 39.6 Å². The monoisotopic (exact) mass is 1410 g/mol. The van der Waals surface area contributed by atoms with E-state index in [4.69, 9.17) is 37.0 Å². The van der Waals surface area contributed by atoms with Crippen molar-refractivity contribution in [1.82, 2.24) is 0 Å². The molecule has 0 radical (unpaired) electrons. The molecule has 19 heteroatoms. The fraction of sp³-hybridized carbons (Fsp3) is 0.948. The fourth-order valence-electron chi connectivity index (χ4n) is 11.9. The molecule has 0 fully saturated rings. The molecule has 0 saturated carbocycles. The smallest absolute Gasteiger partial charge is 0.462 e. The highest BCUT2D eigenvalue weighted by Crippen LogP contribution is 2.45. The van der Waals surface area contributed by atoms with Crippen molar-refractivity contribution in [3.05, 3.63) is 0 Å². The summed E-state index contributed by atoms with van der Waals surface area (Å²) in [6.07, 6.45) is 63.5. The van der Waals surface area contributed by atoms with Gasteiger partial charge in [-0.1, -0.05) is 362 Å². The molecule has 17 nitrogen and oxygen atoms in total. The number of carbonyl (C=O) groups excluding carboxylic acids is 4. The van der Waals surface area contributed by atoms with Crippen molar-refractivity contribution in [2.45, 2.75) is 431 Å². The van der Waals surface area contributed by atoms with Gasteiger partial charge < -0.3 is 33.8 Å². The Morgan fingerprint density at radius 1 is 0.250 bits per heavy atom. The maximum Gasteiger partial charge on any atom is 0.472 e. The summed E-state index contributed by atoms with van der Waals surface area (Å²) in [7, 11) is -9.89. The second-order valence-electron chi connectivity index (χ2n) is 27.7. The third-order valence-electron chi connectivity index (χ3n) is 18.1. The van der Waals surface area contributed by atoms with E-state index in [1.165, 1.54) is 225 Å². The molecule has 0 spiro atoms. The highest BCUT2D eigenvalue weighted by molar-refractivity contribution is 7.47. The van der Waals surface area contributed by atoms with E-state index < -0.39 is 97.5 Å². The molecule has 0 aromatic carbocycles. The summed E-state index contributed by atoms with van der Waals surface area (Å²) in [5, 5.41) is 10.6. The number of aliphatic hydroxyl groups is 1. The van der Waals surface area contributed by atoms with Gasteiger partial charge in [0, 0.05) is 25.7 Å². The summed E-state index contributed by atoms with van der Waals surface area (Å²) < 4.78 is 68.1. The topological polar surface area (TPSA) is 237 Å². The second-order valence-corrected chi connectivity index (χ2v) is 30.7. The van der Waals surface area contributed by atoms with Crippen LogP contribution in [0, 0.1) is 0 Å². The first-order valence-electron chi connectivity index (χ1n) is 40.3. The van der Waals surface area contributed by atoms with Crippen LogP contribution in [-0.2, 0) is 65.4 Å². The first-order chi connectivity index (χ1) is 46.7. The first-order valence-corrected chi connectivity index (χ1v) is 43.3. The summed E-state index contributed by atoms with van der Waals surface area (Å²) in [4.78, 5) is 72.3. The second kappa shape index (κ2) is 71.5. The van der Waals surface area contributed by atoms with Gasteiger partial charge in [0.25, 0.3) is 0 Å². The zero-order valence-corrected chi connectivity index (χ0v) is 64.1. The molecule has 0 amide bonds. The predicted molar refractivity (Wildman–Crippen MR) is 391 cm³/mol. The minimum absolute atomic E-state index is 0.103. The van der Waals surface area contributed by atoms with Crippen LogP contribution >= 0.6 is 15.6 Å². The molecule has 0 saturated heterocycles. The minimum atomic E-state index is -4.95. The van der Waals surface area contributed by atoms with Crippen LogP contribution in [0.15, 0.2) is 0 Å². The van der Waals surface area contributed by atoms with Crippen LogP contribution in [0.25, 0.3) is 0 Å². The van der Waals surface area contributed by atoms with Crippen molar-refractivity contribution < 1.29 is 80.2 Å². The average molecular weight is 1410 g/mol. The van der Waals surface area contributed by atoms with E-state index in [0.29, 0.717) is 25.7 Å². The molecular weight excluding hydrogens is 1260 g/mol. The summed E-state index contributed by atoms with van der Waals surface area (Å²) in [6, 6.07) is 0. The lowest BCUT2D eigenvalue weighted by atomic mass is 10.0. The zero-order valence-electron chi connectivity index (χ0n) is 62.4. The maximum absolute atomic E-state index is 13.1. The Bertz CT molecular complexity index is 1830. The van der Waals surface area contributed by atoms with Crippen LogP contribution in [0.2, 0.25) is 0 Å². The molecular formula is C77H150O17P2. The van der Waals surface area contributed by atoms with Crippen LogP contribution in [0.1, 0.15) is 413 Å². The van der Waals surface area contributed by atoms with Gasteiger partial charge in [0.2, 0.25) is 0 Å². The molecule has 3 N–H and O–H groups in total. The van der Waals surface area contributed by atoms with Crippen LogP contribution in [0.4, 0.5) is 0 Å². The lowest BCUT2D eigenvalue weighted by Crippen LogP contribution is -2.30. The van der Waals surface area contributed by atoms with Crippen molar-refractivity contribution in [3.63, 3.8) is 0 Å². The molecule has 570 valence electrons. The molecule has 0 rings (SSSR count). The van der Waals surface area contributed by atoms with Gasteiger partial charge in [0.1, 0.15) is 19.3 Å². The van der Waals surface area contributed by atoms with Crippen molar-refractivity contribution in [1.29, 1.82) is 0 Å². The number of phosphoric acid groups is 2. The highest BCUT2D eigenvalue weighted by Gasteiger charge is 2.30. The van der Waals surface area contributed by atoms with Crippen molar-refractivity contribution in [3.8, 4) is 0 Å². The van der Waals surface area contributed by atoms with Crippen LogP contribution < -0.4 is 0 Å². The predicted octanol–water partition coefficient (Wildman–Crippen LogP) is 23.0. The Labute approximate surface area is 588 Å². The molecule has 0 bridgehead atoms. The molecule has 0 aliphatic heterocycles. The highest BCUT2D eigenvalue weighted by atomic mass is 31.2. The summed E-state index contributed by atoms with van der Waals surface area (Å²) in [6.45, 7) is 4.84. The van der Waals surface area contributed by atoms with Crippen LogP contribution in [0.5, 0.6) is 0 Å². The molecule has 96 heavy (non-hydrogen) atoms. The first kappa shape index (κ1) is 94.1. The molecule has 0 heterocycles. The lowest BCUT2D eigenvalue weighted by molar-refractivity contribution is -0.161. The summed E-state index contributed by atoms with van der Waals surface area (Å²) in [5.41, 5.74) is 0. The minimum Gasteiger partial charge on any atom is -0.462 e. The number of rotatable bonds is 78. The standard InChI is InChI=1S/C77H150O17P2/c1-5-9-13-17-20-22-24-26-28-30-32-34-36-38-40-42-44-46-48-51-54-58-62-75(80)88-68-73(94-77(82)64-60-56-52-49-47-45-43-41-39-37-35-33-31-29-27-25-23-21-18-14-10-6-2)70-92-96(85,86)90-66-71(78)65-89-95(83,84)91-69-72(67-87-74(79)61-57-53-16-12-8-4)93-76(81)63-59-55-50-19-15-11-7-3/h71-73,78H,5-70H2,1-4H3,(H,83,84)(H,85,86)/t71-,72+,73+/m0/s1. The molecule has 0 aromatic heterocycles.